The van der Waals surface area contributed by atoms with Crippen LogP contribution < -0.4 is 14.4 Å². The van der Waals surface area contributed by atoms with Crippen LogP contribution in [0.5, 0.6) is 11.5 Å². The Balaban J connectivity index is 1.99. The number of benzene rings is 2. The molecule has 4 heteroatoms. The zero-order valence-corrected chi connectivity index (χ0v) is 16.1. The summed E-state index contributed by atoms with van der Waals surface area (Å²) in [6.07, 6.45) is 3.61. The molecule has 0 aromatic heterocycles. The lowest BCUT2D eigenvalue weighted by Gasteiger charge is -2.19. The summed E-state index contributed by atoms with van der Waals surface area (Å²) in [6, 6.07) is 13.6. The molecule has 0 unspecified atom stereocenters. The summed E-state index contributed by atoms with van der Waals surface area (Å²) in [7, 11) is 1.60. The minimum absolute atomic E-state index is 0.0378. The molecule has 2 aromatic rings. The number of fused-ring (bicyclic) bond motifs is 1. The maximum absolute atomic E-state index is 13.1. The third kappa shape index (κ3) is 3.90. The van der Waals surface area contributed by atoms with E-state index >= 15 is 0 Å². The number of para-hydroxylation sites is 1. The van der Waals surface area contributed by atoms with Gasteiger partial charge >= 0.3 is 0 Å². The third-order valence-corrected chi connectivity index (χ3v) is 4.36. The zero-order valence-electron chi connectivity index (χ0n) is 16.1. The minimum atomic E-state index is 0.0378. The second-order valence-electron chi connectivity index (χ2n) is 6.89. The van der Waals surface area contributed by atoms with Crippen LogP contribution in [0, 0.1) is 5.92 Å². The molecule has 1 aliphatic rings. The van der Waals surface area contributed by atoms with Gasteiger partial charge in [0.1, 0.15) is 6.61 Å². The van der Waals surface area contributed by atoms with Crippen molar-refractivity contribution < 1.29 is 14.3 Å². The highest BCUT2D eigenvalue weighted by Gasteiger charge is 2.32. The molecular weight excluding hydrogens is 338 g/mol. The number of ether oxygens (including phenoxy) is 2. The van der Waals surface area contributed by atoms with E-state index in [1.54, 1.807) is 13.2 Å². The molecule has 4 nitrogen and oxygen atoms in total. The summed E-state index contributed by atoms with van der Waals surface area (Å²) in [4.78, 5) is 14.9. The largest absolute Gasteiger partial charge is 0.493 e. The van der Waals surface area contributed by atoms with Crippen LogP contribution in [-0.4, -0.2) is 26.2 Å². The van der Waals surface area contributed by atoms with E-state index in [0.717, 1.165) is 16.8 Å². The smallest absolute Gasteiger partial charge is 0.259 e. The number of hydrogen-bond acceptors (Lipinski definition) is 3. The predicted octanol–water partition coefficient (Wildman–Crippen LogP) is 4.80. The molecule has 140 valence electrons. The third-order valence-electron chi connectivity index (χ3n) is 4.36. The van der Waals surface area contributed by atoms with Crippen LogP contribution in [0.4, 0.5) is 5.69 Å². The van der Waals surface area contributed by atoms with Crippen molar-refractivity contribution >= 4 is 23.2 Å². The van der Waals surface area contributed by atoms with Gasteiger partial charge in [-0.25, -0.2) is 0 Å². The van der Waals surface area contributed by atoms with Gasteiger partial charge in [-0.05, 0) is 35.8 Å². The van der Waals surface area contributed by atoms with Crippen LogP contribution in [0.15, 0.2) is 55.1 Å². The van der Waals surface area contributed by atoms with E-state index < -0.39 is 0 Å². The number of hydrogen-bond donors (Lipinski definition) is 0. The van der Waals surface area contributed by atoms with Crippen molar-refractivity contribution in [3.8, 4) is 11.5 Å². The van der Waals surface area contributed by atoms with Crippen molar-refractivity contribution in [1.29, 1.82) is 0 Å². The molecule has 1 amide bonds. The lowest BCUT2D eigenvalue weighted by molar-refractivity contribution is -0.113. The van der Waals surface area contributed by atoms with Crippen LogP contribution in [-0.2, 0) is 4.79 Å². The fraction of sp³-hybridized carbons (Fsp3) is 0.261. The lowest BCUT2D eigenvalue weighted by Crippen LogP contribution is -2.30. The average Bonchev–Trinajstić information content (AvgIpc) is 2.92. The Hall–Kier alpha value is -3.01. The molecule has 0 saturated heterocycles. The Labute approximate surface area is 160 Å². The molecule has 0 N–H and O–H groups in total. The fourth-order valence-electron chi connectivity index (χ4n) is 3.20. The number of anilines is 1. The molecule has 27 heavy (non-hydrogen) atoms. The summed E-state index contributed by atoms with van der Waals surface area (Å²) < 4.78 is 11.0. The average molecular weight is 363 g/mol. The molecule has 0 fully saturated rings. The number of nitrogens with zero attached hydrogens (tertiary/aromatic N) is 1. The number of methoxy groups -OCH3 is 1. The van der Waals surface area contributed by atoms with Gasteiger partial charge in [0.25, 0.3) is 5.91 Å². The van der Waals surface area contributed by atoms with Crippen molar-refractivity contribution in [2.24, 2.45) is 5.92 Å². The number of carbonyl (C=O) groups excluding carboxylic acids is 1. The first kappa shape index (κ1) is 18.8. The Morgan fingerprint density at radius 3 is 2.63 bits per heavy atom. The zero-order chi connectivity index (χ0) is 19.4. The molecule has 0 bridgehead atoms. The van der Waals surface area contributed by atoms with Crippen molar-refractivity contribution in [3.05, 3.63) is 66.2 Å². The van der Waals surface area contributed by atoms with Crippen molar-refractivity contribution in [2.75, 3.05) is 25.2 Å². The van der Waals surface area contributed by atoms with Crippen molar-refractivity contribution in [3.63, 3.8) is 0 Å². The van der Waals surface area contributed by atoms with E-state index in [1.807, 2.05) is 53.4 Å². The van der Waals surface area contributed by atoms with E-state index in [4.69, 9.17) is 9.47 Å². The summed E-state index contributed by atoms with van der Waals surface area (Å²) in [5, 5.41) is 0. The van der Waals surface area contributed by atoms with Gasteiger partial charge in [0.05, 0.1) is 12.8 Å². The van der Waals surface area contributed by atoms with Gasteiger partial charge in [-0.1, -0.05) is 50.8 Å². The number of amides is 1. The quantitative estimate of drug-likeness (QED) is 0.524. The second-order valence-corrected chi connectivity index (χ2v) is 6.89. The van der Waals surface area contributed by atoms with Gasteiger partial charge in [-0.3, -0.25) is 4.79 Å². The first-order valence-electron chi connectivity index (χ1n) is 9.09. The van der Waals surface area contributed by atoms with Gasteiger partial charge in [0.2, 0.25) is 0 Å². The second kappa shape index (κ2) is 8.12. The van der Waals surface area contributed by atoms with Crippen LogP contribution in [0.25, 0.3) is 11.6 Å². The molecule has 0 radical (unpaired) electrons. The van der Waals surface area contributed by atoms with E-state index in [1.165, 1.54) is 0 Å². The van der Waals surface area contributed by atoms with Crippen LogP contribution in [0.2, 0.25) is 0 Å². The monoisotopic (exact) mass is 363 g/mol. The van der Waals surface area contributed by atoms with Gasteiger partial charge in [0.15, 0.2) is 11.5 Å². The lowest BCUT2D eigenvalue weighted by atomic mass is 10.0. The maximum atomic E-state index is 13.1. The van der Waals surface area contributed by atoms with Gasteiger partial charge < -0.3 is 14.4 Å². The highest BCUT2D eigenvalue weighted by atomic mass is 16.5. The van der Waals surface area contributed by atoms with Crippen LogP contribution >= 0.6 is 0 Å². The summed E-state index contributed by atoms with van der Waals surface area (Å²) >= 11 is 0. The number of rotatable bonds is 7. The number of carbonyl (C=O) groups is 1. The summed E-state index contributed by atoms with van der Waals surface area (Å²) in [6.45, 7) is 9.00. The Morgan fingerprint density at radius 2 is 1.93 bits per heavy atom. The fourth-order valence-corrected chi connectivity index (χ4v) is 3.20. The minimum Gasteiger partial charge on any atom is -0.493 e. The normalized spacial score (nSPS) is 14.6. The van der Waals surface area contributed by atoms with E-state index in [-0.39, 0.29) is 5.91 Å². The molecule has 0 atom stereocenters. The maximum Gasteiger partial charge on any atom is 0.259 e. The van der Waals surface area contributed by atoms with Crippen molar-refractivity contribution in [2.45, 2.75) is 13.8 Å². The molecule has 3 rings (SSSR count). The Kier molecular flexibility index (Phi) is 5.65. The summed E-state index contributed by atoms with van der Waals surface area (Å²) in [5.41, 5.74) is 3.53. The first-order chi connectivity index (χ1) is 13.0. The molecule has 1 heterocycles. The first-order valence-corrected chi connectivity index (χ1v) is 9.09. The molecule has 1 aliphatic heterocycles. The standard InChI is InChI=1S/C23H25NO3/c1-5-12-27-21-11-10-17(14-22(21)26-4)13-19-18-8-6-7-9-20(18)24(23(19)25)15-16(2)3/h5-11,13-14,16H,1,12,15H2,2-4H3/b19-13-. The topological polar surface area (TPSA) is 38.8 Å². The van der Waals surface area contributed by atoms with Gasteiger partial charge in [0, 0.05) is 17.7 Å². The summed E-state index contributed by atoms with van der Waals surface area (Å²) in [5.74, 6) is 1.71. The van der Waals surface area contributed by atoms with Gasteiger partial charge in [-0.2, -0.15) is 0 Å². The Morgan fingerprint density at radius 1 is 1.15 bits per heavy atom. The molecule has 0 saturated carbocycles. The SMILES string of the molecule is C=CCOc1ccc(/C=C2\C(=O)N(CC(C)C)c3ccccc32)cc1OC. The highest BCUT2D eigenvalue weighted by molar-refractivity contribution is 6.35. The molecule has 0 aliphatic carbocycles. The molecule has 2 aromatic carbocycles. The van der Waals surface area contributed by atoms with E-state index in [9.17, 15) is 4.79 Å². The van der Waals surface area contributed by atoms with Crippen molar-refractivity contribution in [1.82, 2.24) is 0 Å². The Bertz CT molecular complexity index is 883. The van der Waals surface area contributed by atoms with E-state index in [0.29, 0.717) is 36.1 Å². The molecule has 0 spiro atoms. The van der Waals surface area contributed by atoms with Crippen LogP contribution in [0.1, 0.15) is 25.0 Å². The predicted molar refractivity (Wildman–Crippen MR) is 110 cm³/mol. The molecular formula is C23H25NO3. The van der Waals surface area contributed by atoms with E-state index in [2.05, 4.69) is 20.4 Å². The highest BCUT2D eigenvalue weighted by Crippen LogP contribution is 2.38. The van der Waals surface area contributed by atoms with Crippen LogP contribution in [0.3, 0.4) is 0 Å². The van der Waals surface area contributed by atoms with Gasteiger partial charge in [-0.15, -0.1) is 0 Å².